The van der Waals surface area contributed by atoms with Gasteiger partial charge in [-0.2, -0.15) is 5.26 Å². The average Bonchev–Trinajstić information content (AvgIpc) is 2.78. The molecule has 2 aliphatic carbocycles. The molecule has 2 saturated carbocycles. The summed E-state index contributed by atoms with van der Waals surface area (Å²) in [6.45, 7) is 10.1. The summed E-state index contributed by atoms with van der Waals surface area (Å²) >= 11 is 0. The van der Waals surface area contributed by atoms with Gasteiger partial charge in [-0.05, 0) is 56.4 Å². The van der Waals surface area contributed by atoms with Crippen molar-refractivity contribution >= 4 is 0 Å². The van der Waals surface area contributed by atoms with Gasteiger partial charge >= 0.3 is 0 Å². The zero-order valence-corrected chi connectivity index (χ0v) is 14.2. The van der Waals surface area contributed by atoms with Crippen LogP contribution in [0.5, 0.6) is 0 Å². The monoisotopic (exact) mass is 292 g/mol. The Morgan fingerprint density at radius 1 is 1.24 bits per heavy atom. The van der Waals surface area contributed by atoms with Crippen molar-refractivity contribution in [3.8, 4) is 6.07 Å². The van der Waals surface area contributed by atoms with Gasteiger partial charge < -0.3 is 4.74 Å². The number of nitriles is 1. The van der Waals surface area contributed by atoms with Crippen molar-refractivity contribution in [1.82, 2.24) is 5.32 Å². The first-order valence-electron chi connectivity index (χ1n) is 8.70. The number of rotatable bonds is 5. The highest BCUT2D eigenvalue weighted by atomic mass is 16.5. The van der Waals surface area contributed by atoms with Crippen LogP contribution in [-0.4, -0.2) is 24.3 Å². The van der Waals surface area contributed by atoms with Crippen LogP contribution in [0.4, 0.5) is 0 Å². The molecule has 0 radical (unpaired) electrons. The molecule has 2 rings (SSSR count). The molecule has 2 fully saturated rings. The molecule has 4 unspecified atom stereocenters. The van der Waals surface area contributed by atoms with Crippen molar-refractivity contribution < 1.29 is 4.74 Å². The second-order valence-corrected chi connectivity index (χ2v) is 8.16. The molecule has 0 aromatic heterocycles. The van der Waals surface area contributed by atoms with Gasteiger partial charge in [-0.25, -0.2) is 0 Å². The summed E-state index contributed by atoms with van der Waals surface area (Å²) < 4.78 is 6.40. The molecule has 1 N–H and O–H groups in total. The van der Waals surface area contributed by atoms with Crippen LogP contribution in [0.25, 0.3) is 0 Å². The van der Waals surface area contributed by atoms with E-state index in [1.807, 2.05) is 0 Å². The van der Waals surface area contributed by atoms with E-state index < -0.39 is 0 Å². The van der Waals surface area contributed by atoms with Crippen LogP contribution in [0, 0.1) is 22.7 Å². The summed E-state index contributed by atoms with van der Waals surface area (Å²) in [6, 6.07) is 2.51. The lowest BCUT2D eigenvalue weighted by molar-refractivity contribution is -0.0637. The van der Waals surface area contributed by atoms with Gasteiger partial charge in [0.25, 0.3) is 0 Å². The molecule has 3 nitrogen and oxygen atoms in total. The van der Waals surface area contributed by atoms with E-state index in [2.05, 4.69) is 39.1 Å². The fraction of sp³-hybridized carbons (Fsp3) is 0.944. The van der Waals surface area contributed by atoms with Gasteiger partial charge in [0.2, 0.25) is 0 Å². The summed E-state index contributed by atoms with van der Waals surface area (Å²) in [5.41, 5.74) is 0.0597. The fourth-order valence-corrected chi connectivity index (χ4v) is 4.42. The first-order valence-corrected chi connectivity index (χ1v) is 8.70. The predicted octanol–water partition coefficient (Wildman–Crippen LogP) is 4.03. The van der Waals surface area contributed by atoms with Crippen molar-refractivity contribution in [2.24, 2.45) is 11.3 Å². The molecule has 120 valence electrons. The quantitative estimate of drug-likeness (QED) is 0.832. The topological polar surface area (TPSA) is 45.0 Å². The SMILES string of the molecule is CCCNC1(C#N)CCC(OC2CC(C)CC(C)(C)C2)C1. The number of hydrogen-bond donors (Lipinski definition) is 1. The number of ether oxygens (including phenoxy) is 1. The third-order valence-corrected chi connectivity index (χ3v) is 5.13. The van der Waals surface area contributed by atoms with E-state index in [0.29, 0.717) is 11.5 Å². The second-order valence-electron chi connectivity index (χ2n) is 8.16. The Bertz CT molecular complexity index is 387. The van der Waals surface area contributed by atoms with Gasteiger partial charge in [0.15, 0.2) is 0 Å². The van der Waals surface area contributed by atoms with Crippen LogP contribution in [0.15, 0.2) is 0 Å². The molecule has 3 heteroatoms. The maximum absolute atomic E-state index is 9.52. The normalized spacial score (nSPS) is 39.1. The van der Waals surface area contributed by atoms with Crippen LogP contribution in [-0.2, 0) is 4.74 Å². The number of hydrogen-bond acceptors (Lipinski definition) is 3. The van der Waals surface area contributed by atoms with Gasteiger partial charge in [0, 0.05) is 6.42 Å². The Kier molecular flexibility index (Phi) is 5.33. The molecule has 0 spiro atoms. The summed E-state index contributed by atoms with van der Waals surface area (Å²) in [5.74, 6) is 0.749. The molecular weight excluding hydrogens is 260 g/mol. The van der Waals surface area contributed by atoms with E-state index in [9.17, 15) is 5.26 Å². The van der Waals surface area contributed by atoms with Gasteiger partial charge in [0.1, 0.15) is 5.54 Å². The van der Waals surface area contributed by atoms with E-state index in [4.69, 9.17) is 4.74 Å². The first-order chi connectivity index (χ1) is 9.88. The molecule has 0 aromatic carbocycles. The average molecular weight is 292 g/mol. The van der Waals surface area contributed by atoms with Crippen molar-refractivity contribution in [2.45, 2.75) is 90.4 Å². The van der Waals surface area contributed by atoms with Crippen molar-refractivity contribution in [3.63, 3.8) is 0 Å². The van der Waals surface area contributed by atoms with Crippen LogP contribution in [0.2, 0.25) is 0 Å². The fourth-order valence-electron chi connectivity index (χ4n) is 4.42. The zero-order valence-electron chi connectivity index (χ0n) is 14.2. The highest BCUT2D eigenvalue weighted by molar-refractivity contribution is 5.12. The minimum absolute atomic E-state index is 0.264. The molecule has 0 heterocycles. The molecule has 4 atom stereocenters. The smallest absolute Gasteiger partial charge is 0.109 e. The molecule has 0 amide bonds. The molecule has 0 aromatic rings. The van der Waals surface area contributed by atoms with E-state index in [1.165, 1.54) is 12.8 Å². The van der Waals surface area contributed by atoms with Crippen molar-refractivity contribution in [3.05, 3.63) is 0 Å². The lowest BCUT2D eigenvalue weighted by atomic mass is 9.71. The highest BCUT2D eigenvalue weighted by Gasteiger charge is 2.41. The summed E-state index contributed by atoms with van der Waals surface area (Å²) in [7, 11) is 0. The Balaban J connectivity index is 1.89. The Hall–Kier alpha value is -0.590. The molecule has 0 aliphatic heterocycles. The third kappa shape index (κ3) is 4.44. The Labute approximate surface area is 130 Å². The standard InChI is InChI=1S/C18H32N2O/c1-5-8-20-18(13-19)7-6-15(12-18)21-16-9-14(2)10-17(3,4)11-16/h14-16,20H,5-12H2,1-4H3. The minimum atomic E-state index is -0.337. The van der Waals surface area contributed by atoms with Crippen molar-refractivity contribution in [2.75, 3.05) is 6.54 Å². The highest BCUT2D eigenvalue weighted by Crippen LogP contribution is 2.41. The maximum atomic E-state index is 9.52. The predicted molar refractivity (Wildman–Crippen MR) is 85.9 cm³/mol. The number of nitrogens with one attached hydrogen (secondary N) is 1. The van der Waals surface area contributed by atoms with Crippen LogP contribution in [0.3, 0.4) is 0 Å². The minimum Gasteiger partial charge on any atom is -0.375 e. The Morgan fingerprint density at radius 2 is 2.00 bits per heavy atom. The molecule has 0 saturated heterocycles. The first kappa shape index (κ1) is 16.8. The van der Waals surface area contributed by atoms with Gasteiger partial charge in [-0.15, -0.1) is 0 Å². The molecule has 0 bridgehead atoms. The van der Waals surface area contributed by atoms with E-state index in [-0.39, 0.29) is 11.6 Å². The van der Waals surface area contributed by atoms with E-state index in [1.54, 1.807) is 0 Å². The summed E-state index contributed by atoms with van der Waals surface area (Å²) in [6.07, 6.45) is 8.18. The van der Waals surface area contributed by atoms with E-state index >= 15 is 0 Å². The van der Waals surface area contributed by atoms with Gasteiger partial charge in [-0.3, -0.25) is 5.32 Å². The molecule has 21 heavy (non-hydrogen) atoms. The van der Waals surface area contributed by atoms with Gasteiger partial charge in [0.05, 0.1) is 18.3 Å². The van der Waals surface area contributed by atoms with Crippen LogP contribution in [0.1, 0.15) is 72.6 Å². The molecule has 2 aliphatic rings. The number of nitrogens with zero attached hydrogens (tertiary/aromatic N) is 1. The van der Waals surface area contributed by atoms with Gasteiger partial charge in [-0.1, -0.05) is 27.7 Å². The summed E-state index contributed by atoms with van der Waals surface area (Å²) in [5, 5.41) is 13.0. The van der Waals surface area contributed by atoms with Crippen molar-refractivity contribution in [1.29, 1.82) is 5.26 Å². The maximum Gasteiger partial charge on any atom is 0.109 e. The molecular formula is C18H32N2O. The third-order valence-electron chi connectivity index (χ3n) is 5.13. The summed E-state index contributed by atoms with van der Waals surface area (Å²) in [4.78, 5) is 0. The Morgan fingerprint density at radius 3 is 2.62 bits per heavy atom. The van der Waals surface area contributed by atoms with Crippen LogP contribution >= 0.6 is 0 Å². The lowest BCUT2D eigenvalue weighted by Gasteiger charge is -2.39. The van der Waals surface area contributed by atoms with Crippen LogP contribution < -0.4 is 5.32 Å². The zero-order chi connectivity index (χ0) is 15.5. The second kappa shape index (κ2) is 6.67. The largest absolute Gasteiger partial charge is 0.375 e. The lowest BCUT2D eigenvalue weighted by Crippen LogP contribution is -2.43. The van der Waals surface area contributed by atoms with E-state index in [0.717, 1.165) is 44.6 Å².